The van der Waals surface area contributed by atoms with Gasteiger partial charge in [0.1, 0.15) is 24.1 Å². The van der Waals surface area contributed by atoms with Gasteiger partial charge in [-0.25, -0.2) is 0 Å². The zero-order valence-corrected chi connectivity index (χ0v) is 13.0. The van der Waals surface area contributed by atoms with E-state index in [-0.39, 0.29) is 23.6 Å². The molecule has 0 spiro atoms. The molecule has 1 aromatic carbocycles. The summed E-state index contributed by atoms with van der Waals surface area (Å²) in [7, 11) is 0. The van der Waals surface area contributed by atoms with Gasteiger partial charge in [0.15, 0.2) is 0 Å². The maximum atomic E-state index is 12.5. The summed E-state index contributed by atoms with van der Waals surface area (Å²) in [4.78, 5) is 25.5. The third kappa shape index (κ3) is 4.02. The first-order valence-corrected chi connectivity index (χ1v) is 7.35. The molecule has 132 valence electrons. The minimum Gasteiger partial charge on any atom is -0.507 e. The number of nitrogens with one attached hydrogen (secondary N) is 1. The number of phenolic OH excluding ortho intramolecular Hbond substituents is 2. The molecule has 10 heteroatoms. The van der Waals surface area contributed by atoms with Crippen LogP contribution in [0.4, 0.5) is 13.2 Å². The predicted octanol–water partition coefficient (Wildman–Crippen LogP) is 2.03. The number of halogens is 4. The Morgan fingerprint density at radius 3 is 2.58 bits per heavy atom. The highest BCUT2D eigenvalue weighted by molar-refractivity contribution is 6.32. The molecule has 0 saturated carbocycles. The molecule has 2 rings (SSSR count). The first-order valence-electron chi connectivity index (χ1n) is 6.97. The summed E-state index contributed by atoms with van der Waals surface area (Å²) in [6.45, 7) is -1.33. The molecule has 0 aliphatic carbocycles. The lowest BCUT2D eigenvalue weighted by Gasteiger charge is -2.24. The third-order valence-electron chi connectivity index (χ3n) is 3.57. The average molecular weight is 367 g/mol. The van der Waals surface area contributed by atoms with Crippen LogP contribution in [0.2, 0.25) is 5.02 Å². The van der Waals surface area contributed by atoms with Crippen LogP contribution in [0.25, 0.3) is 0 Å². The smallest absolute Gasteiger partial charge is 0.405 e. The van der Waals surface area contributed by atoms with E-state index in [2.05, 4.69) is 0 Å². The minimum absolute atomic E-state index is 0.154. The average Bonchev–Trinajstić information content (AvgIpc) is 2.96. The lowest BCUT2D eigenvalue weighted by atomic mass is 10.1. The van der Waals surface area contributed by atoms with Gasteiger partial charge in [-0.05, 0) is 18.9 Å². The Morgan fingerprint density at radius 1 is 1.29 bits per heavy atom. The minimum atomic E-state index is -4.55. The molecule has 0 aromatic heterocycles. The van der Waals surface area contributed by atoms with E-state index in [1.807, 2.05) is 0 Å². The topological polar surface area (TPSA) is 89.9 Å². The number of hydrogen-bond donors (Lipinski definition) is 3. The van der Waals surface area contributed by atoms with Crippen molar-refractivity contribution in [3.63, 3.8) is 0 Å². The first-order chi connectivity index (χ1) is 11.1. The van der Waals surface area contributed by atoms with Crippen LogP contribution in [0.5, 0.6) is 11.5 Å². The number of carbonyl (C=O) groups excluding carboxylic acids is 2. The van der Waals surface area contributed by atoms with Crippen molar-refractivity contribution in [3.05, 3.63) is 22.7 Å². The van der Waals surface area contributed by atoms with Gasteiger partial charge in [0.05, 0.1) is 10.6 Å². The van der Waals surface area contributed by atoms with Crippen LogP contribution in [0.15, 0.2) is 12.1 Å². The molecule has 0 bridgehead atoms. The Kier molecular flexibility index (Phi) is 5.12. The number of rotatable bonds is 3. The van der Waals surface area contributed by atoms with Crippen molar-refractivity contribution in [1.29, 1.82) is 0 Å². The molecule has 1 fully saturated rings. The van der Waals surface area contributed by atoms with E-state index in [1.165, 1.54) is 0 Å². The molecule has 1 aliphatic rings. The fourth-order valence-corrected chi connectivity index (χ4v) is 2.63. The normalized spacial score (nSPS) is 17.8. The highest BCUT2D eigenvalue weighted by Gasteiger charge is 2.37. The van der Waals surface area contributed by atoms with E-state index in [0.717, 1.165) is 17.0 Å². The summed E-state index contributed by atoms with van der Waals surface area (Å²) in [5.74, 6) is -2.63. The second-order valence-corrected chi connectivity index (χ2v) is 5.72. The Hall–Kier alpha value is -2.16. The highest BCUT2D eigenvalue weighted by Crippen LogP contribution is 2.33. The standard InChI is InChI=1S/C14H14ClF3N2O4/c15-8-4-7(10(21)5-11(8)22)13(24)20-3-1-2-9(20)12(23)19-6-14(16,17)18/h4-5,9,21-22H,1-3,6H2,(H,19,23)/t9-/m1/s1. The van der Waals surface area contributed by atoms with Gasteiger partial charge in [0.25, 0.3) is 5.91 Å². The van der Waals surface area contributed by atoms with Gasteiger partial charge in [0, 0.05) is 12.6 Å². The van der Waals surface area contributed by atoms with Crippen LogP contribution in [0, 0.1) is 0 Å². The molecule has 1 aromatic rings. The van der Waals surface area contributed by atoms with Gasteiger partial charge in [-0.2, -0.15) is 13.2 Å². The van der Waals surface area contributed by atoms with Crippen molar-refractivity contribution in [2.75, 3.05) is 13.1 Å². The van der Waals surface area contributed by atoms with Gasteiger partial charge < -0.3 is 20.4 Å². The Balaban J connectivity index is 2.17. The number of carbonyl (C=O) groups is 2. The largest absolute Gasteiger partial charge is 0.507 e. The van der Waals surface area contributed by atoms with Gasteiger partial charge in [0.2, 0.25) is 5.91 Å². The van der Waals surface area contributed by atoms with Crippen molar-refractivity contribution in [3.8, 4) is 11.5 Å². The maximum Gasteiger partial charge on any atom is 0.405 e. The zero-order valence-electron chi connectivity index (χ0n) is 12.2. The summed E-state index contributed by atoms with van der Waals surface area (Å²) < 4.78 is 36.6. The number of alkyl halides is 3. The van der Waals surface area contributed by atoms with E-state index in [9.17, 15) is 33.0 Å². The van der Waals surface area contributed by atoms with E-state index in [1.54, 1.807) is 5.32 Å². The molecule has 0 radical (unpaired) electrons. The van der Waals surface area contributed by atoms with Gasteiger partial charge in [-0.3, -0.25) is 9.59 Å². The SMILES string of the molecule is O=C(NCC(F)(F)F)[C@H]1CCCN1C(=O)c1cc(Cl)c(O)cc1O. The van der Waals surface area contributed by atoms with E-state index >= 15 is 0 Å². The molecule has 1 aliphatic heterocycles. The van der Waals surface area contributed by atoms with Crippen LogP contribution >= 0.6 is 11.6 Å². The Labute approximate surface area is 139 Å². The van der Waals surface area contributed by atoms with Crippen LogP contribution in [0.1, 0.15) is 23.2 Å². The summed E-state index contributed by atoms with van der Waals surface area (Å²) in [6.07, 6.45) is -3.91. The molecule has 0 unspecified atom stereocenters. The molecule has 1 heterocycles. The summed E-state index contributed by atoms with van der Waals surface area (Å²) in [5, 5.41) is 20.7. The molecular formula is C14H14ClF3N2O4. The highest BCUT2D eigenvalue weighted by atomic mass is 35.5. The number of aromatic hydroxyl groups is 2. The van der Waals surface area contributed by atoms with Crippen LogP contribution in [0.3, 0.4) is 0 Å². The van der Waals surface area contributed by atoms with Gasteiger partial charge in [-0.15, -0.1) is 0 Å². The number of likely N-dealkylation sites (tertiary alicyclic amines) is 1. The maximum absolute atomic E-state index is 12.5. The van der Waals surface area contributed by atoms with Crippen LogP contribution < -0.4 is 5.32 Å². The predicted molar refractivity (Wildman–Crippen MR) is 77.9 cm³/mol. The van der Waals surface area contributed by atoms with E-state index in [0.29, 0.717) is 6.42 Å². The monoisotopic (exact) mass is 366 g/mol. The van der Waals surface area contributed by atoms with Crippen molar-refractivity contribution < 1.29 is 33.0 Å². The summed E-state index contributed by atoms with van der Waals surface area (Å²) in [5.41, 5.74) is -0.242. The number of benzene rings is 1. The molecule has 6 nitrogen and oxygen atoms in total. The molecule has 1 saturated heterocycles. The van der Waals surface area contributed by atoms with Crippen LogP contribution in [-0.4, -0.2) is 52.2 Å². The first kappa shape index (κ1) is 18.2. The van der Waals surface area contributed by atoms with Crippen molar-refractivity contribution in [2.24, 2.45) is 0 Å². The molecular weight excluding hydrogens is 353 g/mol. The van der Waals surface area contributed by atoms with Crippen molar-refractivity contribution in [1.82, 2.24) is 10.2 Å². The number of nitrogens with zero attached hydrogens (tertiary/aromatic N) is 1. The summed E-state index contributed by atoms with van der Waals surface area (Å²) >= 11 is 5.70. The summed E-state index contributed by atoms with van der Waals surface area (Å²) in [6, 6.07) is 0.855. The van der Waals surface area contributed by atoms with Gasteiger partial charge in [-0.1, -0.05) is 11.6 Å². The lowest BCUT2D eigenvalue weighted by molar-refractivity contribution is -0.140. The van der Waals surface area contributed by atoms with E-state index < -0.39 is 42.1 Å². The molecule has 1 atom stereocenters. The van der Waals surface area contributed by atoms with E-state index in [4.69, 9.17) is 11.6 Å². The quantitative estimate of drug-likeness (QED) is 0.763. The second kappa shape index (κ2) is 6.76. The Morgan fingerprint density at radius 2 is 1.96 bits per heavy atom. The number of phenols is 2. The molecule has 24 heavy (non-hydrogen) atoms. The van der Waals surface area contributed by atoms with Crippen molar-refractivity contribution >= 4 is 23.4 Å². The zero-order chi connectivity index (χ0) is 18.1. The molecule has 3 N–H and O–H groups in total. The Bertz CT molecular complexity index is 666. The lowest BCUT2D eigenvalue weighted by Crippen LogP contribution is -2.48. The molecule has 2 amide bonds. The number of hydrogen-bond acceptors (Lipinski definition) is 4. The fraction of sp³-hybridized carbons (Fsp3) is 0.429. The number of amides is 2. The van der Waals surface area contributed by atoms with Crippen LogP contribution in [-0.2, 0) is 4.79 Å². The van der Waals surface area contributed by atoms with Crippen molar-refractivity contribution in [2.45, 2.75) is 25.1 Å². The fourth-order valence-electron chi connectivity index (χ4n) is 2.46. The third-order valence-corrected chi connectivity index (χ3v) is 3.88. The van der Waals surface area contributed by atoms with Gasteiger partial charge >= 0.3 is 6.18 Å². The second-order valence-electron chi connectivity index (χ2n) is 5.31.